The maximum Gasteiger partial charge on any atom is 0.308 e. The molecule has 0 saturated heterocycles. The van der Waals surface area contributed by atoms with Crippen molar-refractivity contribution in [3.8, 4) is 17.2 Å². The molecule has 32 heavy (non-hydrogen) atoms. The predicted molar refractivity (Wildman–Crippen MR) is 120 cm³/mol. The zero-order valence-corrected chi connectivity index (χ0v) is 19.8. The van der Waals surface area contributed by atoms with Crippen LogP contribution in [0.4, 0.5) is 5.69 Å². The Hall–Kier alpha value is -3.07. The molecule has 0 amide bonds. The molecule has 1 aliphatic heterocycles. The van der Waals surface area contributed by atoms with Gasteiger partial charge in [0.05, 0.1) is 18.2 Å². The quantitative estimate of drug-likeness (QED) is 0.516. The molecule has 8 nitrogen and oxygen atoms in total. The average Bonchev–Trinajstić information content (AvgIpc) is 2.67. The van der Waals surface area contributed by atoms with E-state index in [9.17, 15) is 18.0 Å². The number of benzene rings is 2. The van der Waals surface area contributed by atoms with Crippen LogP contribution >= 0.6 is 0 Å². The number of ether oxygens (including phenoxy) is 3. The summed E-state index contributed by atoms with van der Waals surface area (Å²) in [4.78, 5) is 24.6. The fourth-order valence-electron chi connectivity index (χ4n) is 3.71. The van der Waals surface area contributed by atoms with E-state index in [1.165, 1.54) is 6.92 Å². The molecule has 1 N–H and O–H groups in total. The molecule has 0 aromatic heterocycles. The van der Waals surface area contributed by atoms with Gasteiger partial charge in [-0.3, -0.25) is 14.3 Å². The predicted octanol–water partition coefficient (Wildman–Crippen LogP) is 3.71. The minimum Gasteiger partial charge on any atom is -0.489 e. The van der Waals surface area contributed by atoms with Gasteiger partial charge in [-0.15, -0.1) is 0 Å². The molecule has 1 heterocycles. The fraction of sp³-hybridized carbons (Fsp3) is 0.391. The second-order valence-corrected chi connectivity index (χ2v) is 10.1. The van der Waals surface area contributed by atoms with E-state index in [1.54, 1.807) is 38.1 Å². The number of hydrogen-bond acceptors (Lipinski definition) is 7. The highest BCUT2D eigenvalue weighted by atomic mass is 32.2. The van der Waals surface area contributed by atoms with Crippen LogP contribution < -0.4 is 18.9 Å². The lowest BCUT2D eigenvalue weighted by molar-refractivity contribution is -0.132. The Bertz CT molecular complexity index is 1190. The van der Waals surface area contributed by atoms with Crippen molar-refractivity contribution in [2.45, 2.75) is 46.6 Å². The van der Waals surface area contributed by atoms with Crippen LogP contribution in [0.3, 0.4) is 0 Å². The zero-order valence-electron chi connectivity index (χ0n) is 19.0. The van der Waals surface area contributed by atoms with E-state index in [1.807, 2.05) is 13.8 Å². The van der Waals surface area contributed by atoms with E-state index in [0.29, 0.717) is 34.1 Å². The number of sulfonamides is 1. The highest BCUT2D eigenvalue weighted by Gasteiger charge is 2.40. The molecule has 0 spiro atoms. The molecule has 2 aromatic rings. The lowest BCUT2D eigenvalue weighted by atomic mass is 9.86. The molecule has 1 unspecified atom stereocenters. The first-order chi connectivity index (χ1) is 14.8. The molecule has 0 radical (unpaired) electrons. The molecular weight excluding hydrogens is 434 g/mol. The van der Waals surface area contributed by atoms with Crippen LogP contribution in [0.5, 0.6) is 17.2 Å². The number of rotatable bonds is 6. The number of nitrogens with one attached hydrogen (secondary N) is 1. The number of Topliss-reactive ketones (excluding diaryl/α,β-unsaturated/α-hetero) is 1. The topological polar surface area (TPSA) is 108 Å². The molecule has 0 bridgehead atoms. The first-order valence-corrected chi connectivity index (χ1v) is 11.9. The minimum atomic E-state index is -3.36. The van der Waals surface area contributed by atoms with Crippen molar-refractivity contribution in [3.05, 3.63) is 46.5 Å². The van der Waals surface area contributed by atoms with Crippen molar-refractivity contribution in [3.63, 3.8) is 0 Å². The van der Waals surface area contributed by atoms with Gasteiger partial charge in [-0.05, 0) is 63.1 Å². The van der Waals surface area contributed by atoms with Gasteiger partial charge in [0, 0.05) is 18.2 Å². The second kappa shape index (κ2) is 8.46. The molecule has 0 fully saturated rings. The Kier molecular flexibility index (Phi) is 6.24. The van der Waals surface area contributed by atoms with Gasteiger partial charge < -0.3 is 14.2 Å². The minimum absolute atomic E-state index is 0.0938. The molecule has 9 heteroatoms. The maximum atomic E-state index is 13.1. The molecule has 1 aliphatic rings. The van der Waals surface area contributed by atoms with Gasteiger partial charge in [0.1, 0.15) is 29.5 Å². The van der Waals surface area contributed by atoms with Crippen molar-refractivity contribution in [1.82, 2.24) is 0 Å². The highest BCUT2D eigenvalue weighted by Crippen LogP contribution is 2.44. The van der Waals surface area contributed by atoms with Crippen LogP contribution in [0.2, 0.25) is 0 Å². The first kappa shape index (κ1) is 23.6. The standard InChI is InChI=1S/C23H27NO7S/c1-13-14(2)22-20(15(3)21(13)30-16(4)25)19(26)11-23(5,31-22)12-29-18-9-7-17(8-10-18)24-32(6,27)28/h7-10,24H,11-12H2,1-6H3. The summed E-state index contributed by atoms with van der Waals surface area (Å²) < 4.78 is 42.5. The number of carbonyl (C=O) groups is 2. The summed E-state index contributed by atoms with van der Waals surface area (Å²) in [6.07, 6.45) is 1.17. The van der Waals surface area contributed by atoms with Crippen molar-refractivity contribution in [1.29, 1.82) is 0 Å². The van der Waals surface area contributed by atoms with Gasteiger partial charge in [-0.25, -0.2) is 8.42 Å². The monoisotopic (exact) mass is 461 g/mol. The van der Waals surface area contributed by atoms with E-state index in [2.05, 4.69) is 4.72 Å². The lowest BCUT2D eigenvalue weighted by Gasteiger charge is -2.36. The summed E-state index contributed by atoms with van der Waals surface area (Å²) in [6.45, 7) is 8.63. The fourth-order valence-corrected chi connectivity index (χ4v) is 4.28. The lowest BCUT2D eigenvalue weighted by Crippen LogP contribution is -2.45. The van der Waals surface area contributed by atoms with Gasteiger partial charge in [0.15, 0.2) is 5.78 Å². The van der Waals surface area contributed by atoms with Gasteiger partial charge >= 0.3 is 5.97 Å². The number of fused-ring (bicyclic) bond motifs is 1. The molecular formula is C23H27NO7S. The van der Waals surface area contributed by atoms with Crippen LogP contribution in [0.25, 0.3) is 0 Å². The van der Waals surface area contributed by atoms with Crippen LogP contribution in [0.1, 0.15) is 47.3 Å². The van der Waals surface area contributed by atoms with Crippen LogP contribution in [0.15, 0.2) is 24.3 Å². The summed E-state index contributed by atoms with van der Waals surface area (Å²) in [5.74, 6) is 0.829. The number of carbonyl (C=O) groups excluding carboxylic acids is 2. The summed E-state index contributed by atoms with van der Waals surface area (Å²) in [7, 11) is -3.36. The van der Waals surface area contributed by atoms with E-state index in [-0.39, 0.29) is 18.8 Å². The third kappa shape index (κ3) is 5.04. The van der Waals surface area contributed by atoms with Gasteiger partial charge in [0.2, 0.25) is 10.0 Å². The molecule has 3 rings (SSSR count). The molecule has 1 atom stereocenters. The molecule has 0 aliphatic carbocycles. The number of hydrogen-bond donors (Lipinski definition) is 1. The van der Waals surface area contributed by atoms with E-state index in [4.69, 9.17) is 14.2 Å². The summed E-state index contributed by atoms with van der Waals surface area (Å²) >= 11 is 0. The van der Waals surface area contributed by atoms with Crippen molar-refractivity contribution < 1.29 is 32.2 Å². The molecule has 172 valence electrons. The normalized spacial score (nSPS) is 17.9. The van der Waals surface area contributed by atoms with Crippen LogP contribution in [-0.4, -0.2) is 38.6 Å². The van der Waals surface area contributed by atoms with Crippen molar-refractivity contribution >= 4 is 27.5 Å². The summed E-state index contributed by atoms with van der Waals surface area (Å²) in [5.41, 5.74) is 2.01. The Balaban J connectivity index is 1.82. The SMILES string of the molecule is CC(=O)Oc1c(C)c(C)c2c(c1C)C(=O)CC(C)(COc1ccc(NS(C)(=O)=O)cc1)O2. The van der Waals surface area contributed by atoms with Crippen LogP contribution in [-0.2, 0) is 14.8 Å². The van der Waals surface area contributed by atoms with E-state index < -0.39 is 21.6 Å². The average molecular weight is 462 g/mol. The van der Waals surface area contributed by atoms with Crippen LogP contribution in [0, 0.1) is 20.8 Å². The van der Waals surface area contributed by atoms with Gasteiger partial charge in [-0.1, -0.05) is 0 Å². The van der Waals surface area contributed by atoms with Gasteiger partial charge in [-0.2, -0.15) is 0 Å². The molecule has 2 aromatic carbocycles. The first-order valence-electron chi connectivity index (χ1n) is 10.0. The number of ketones is 1. The second-order valence-electron chi connectivity index (χ2n) is 8.34. The Morgan fingerprint density at radius 1 is 1.12 bits per heavy atom. The Morgan fingerprint density at radius 2 is 1.75 bits per heavy atom. The smallest absolute Gasteiger partial charge is 0.308 e. The van der Waals surface area contributed by atoms with Crippen molar-refractivity contribution in [2.75, 3.05) is 17.6 Å². The third-order valence-electron chi connectivity index (χ3n) is 5.30. The molecule has 0 saturated carbocycles. The largest absolute Gasteiger partial charge is 0.489 e. The number of esters is 1. The van der Waals surface area contributed by atoms with Gasteiger partial charge in [0.25, 0.3) is 0 Å². The highest BCUT2D eigenvalue weighted by molar-refractivity contribution is 7.92. The Labute approximate surface area is 187 Å². The van der Waals surface area contributed by atoms with E-state index in [0.717, 1.165) is 17.4 Å². The Morgan fingerprint density at radius 3 is 2.31 bits per heavy atom. The number of anilines is 1. The summed E-state index contributed by atoms with van der Waals surface area (Å²) in [6, 6.07) is 6.46. The van der Waals surface area contributed by atoms with Crippen molar-refractivity contribution in [2.24, 2.45) is 0 Å². The summed E-state index contributed by atoms with van der Waals surface area (Å²) in [5, 5.41) is 0. The zero-order chi connectivity index (χ0) is 23.8. The third-order valence-corrected chi connectivity index (χ3v) is 5.90. The van der Waals surface area contributed by atoms with E-state index >= 15 is 0 Å². The maximum absolute atomic E-state index is 13.1.